The van der Waals surface area contributed by atoms with E-state index in [-0.39, 0.29) is 0 Å². The average molecular weight is 112 g/mol. The van der Waals surface area contributed by atoms with Gasteiger partial charge in [-0.1, -0.05) is 6.92 Å². The Bertz CT molecular complexity index is 98.6. The first-order valence-corrected chi connectivity index (χ1v) is 3.52. The summed E-state index contributed by atoms with van der Waals surface area (Å²) in [6, 6.07) is 0. The fraction of sp³-hybridized carbons (Fsp3) is 1.00. The molecule has 0 amide bonds. The van der Waals surface area contributed by atoms with Gasteiger partial charge in [-0.2, -0.15) is 0 Å². The molecule has 0 aliphatic carbocycles. The first-order chi connectivity index (χ1) is 3.86. The minimum Gasteiger partial charge on any atom is -0.375 e. The van der Waals surface area contributed by atoms with Gasteiger partial charge in [0.1, 0.15) is 0 Å². The van der Waals surface area contributed by atoms with Crippen molar-refractivity contribution in [2.75, 3.05) is 0 Å². The van der Waals surface area contributed by atoms with Crippen LogP contribution in [0.1, 0.15) is 26.2 Å². The van der Waals surface area contributed by atoms with Crippen LogP contribution < -0.4 is 0 Å². The van der Waals surface area contributed by atoms with E-state index >= 15 is 0 Å². The van der Waals surface area contributed by atoms with E-state index < -0.39 is 0 Å². The first kappa shape index (κ1) is 4.80. The molecule has 2 saturated heterocycles. The second-order valence-corrected chi connectivity index (χ2v) is 3.09. The first-order valence-electron chi connectivity index (χ1n) is 3.52. The summed E-state index contributed by atoms with van der Waals surface area (Å²) in [4.78, 5) is 0. The van der Waals surface area contributed by atoms with Crippen LogP contribution in [0.3, 0.4) is 0 Å². The van der Waals surface area contributed by atoms with Crippen molar-refractivity contribution < 1.29 is 4.74 Å². The summed E-state index contributed by atoms with van der Waals surface area (Å²) in [7, 11) is 0. The van der Waals surface area contributed by atoms with Crippen LogP contribution in [0, 0.1) is 5.92 Å². The molecule has 0 aromatic rings. The Labute approximate surface area is 50.0 Å². The number of rotatable bonds is 0. The molecule has 0 aromatic heterocycles. The zero-order valence-electron chi connectivity index (χ0n) is 5.26. The Morgan fingerprint density at radius 3 is 2.50 bits per heavy atom. The topological polar surface area (TPSA) is 9.23 Å². The predicted octanol–water partition coefficient (Wildman–Crippen LogP) is 1.57. The van der Waals surface area contributed by atoms with E-state index in [1.807, 2.05) is 0 Å². The fourth-order valence-electron chi connectivity index (χ4n) is 1.89. The van der Waals surface area contributed by atoms with Crippen molar-refractivity contribution in [3.63, 3.8) is 0 Å². The third kappa shape index (κ3) is 0.510. The van der Waals surface area contributed by atoms with Crippen molar-refractivity contribution in [2.24, 2.45) is 5.92 Å². The Hall–Kier alpha value is -0.0400. The standard InChI is InChI=1S/C7H12O/c1-5-4-6-2-3-7(5)8-6/h5-7H,2-4H2,1H3/t5-,6?,7?/m0/s1. The van der Waals surface area contributed by atoms with Crippen LogP contribution in [-0.4, -0.2) is 12.2 Å². The largest absolute Gasteiger partial charge is 0.375 e. The minimum atomic E-state index is 0.639. The maximum Gasteiger partial charge on any atom is 0.0606 e. The monoisotopic (exact) mass is 112 g/mol. The van der Waals surface area contributed by atoms with E-state index in [4.69, 9.17) is 4.74 Å². The average Bonchev–Trinajstić information content (AvgIpc) is 2.23. The SMILES string of the molecule is C[C@H]1CC2CCC1O2. The number of hydrogen-bond donors (Lipinski definition) is 0. The van der Waals surface area contributed by atoms with Gasteiger partial charge in [0.2, 0.25) is 0 Å². The zero-order chi connectivity index (χ0) is 5.56. The Kier molecular flexibility index (Phi) is 0.884. The summed E-state index contributed by atoms with van der Waals surface area (Å²) in [6.45, 7) is 2.30. The summed E-state index contributed by atoms with van der Waals surface area (Å²) < 4.78 is 5.58. The molecular formula is C7H12O. The van der Waals surface area contributed by atoms with Crippen molar-refractivity contribution in [2.45, 2.75) is 38.4 Å². The summed E-state index contributed by atoms with van der Waals surface area (Å²) in [6.07, 6.45) is 5.26. The number of fused-ring (bicyclic) bond motifs is 2. The van der Waals surface area contributed by atoms with Gasteiger partial charge in [0.25, 0.3) is 0 Å². The van der Waals surface area contributed by atoms with E-state index in [1.165, 1.54) is 19.3 Å². The molecule has 2 rings (SSSR count). The molecule has 8 heavy (non-hydrogen) atoms. The molecular weight excluding hydrogens is 100 g/mol. The summed E-state index contributed by atoms with van der Waals surface area (Å²) in [5.41, 5.74) is 0. The van der Waals surface area contributed by atoms with Crippen molar-refractivity contribution in [3.8, 4) is 0 Å². The van der Waals surface area contributed by atoms with Gasteiger partial charge in [0, 0.05) is 0 Å². The van der Waals surface area contributed by atoms with Gasteiger partial charge < -0.3 is 4.74 Å². The van der Waals surface area contributed by atoms with E-state index in [9.17, 15) is 0 Å². The van der Waals surface area contributed by atoms with Crippen LogP contribution in [0.4, 0.5) is 0 Å². The molecule has 3 atom stereocenters. The zero-order valence-corrected chi connectivity index (χ0v) is 5.26. The van der Waals surface area contributed by atoms with Crippen LogP contribution in [0.5, 0.6) is 0 Å². The second-order valence-electron chi connectivity index (χ2n) is 3.09. The van der Waals surface area contributed by atoms with E-state index in [0.717, 1.165) is 5.92 Å². The molecule has 2 fully saturated rings. The molecule has 0 saturated carbocycles. The molecule has 0 radical (unpaired) electrons. The highest BCUT2D eigenvalue weighted by molar-refractivity contribution is 4.86. The van der Waals surface area contributed by atoms with Gasteiger partial charge in [-0.15, -0.1) is 0 Å². The molecule has 0 aromatic carbocycles. The molecule has 2 heterocycles. The number of hydrogen-bond acceptors (Lipinski definition) is 1. The van der Waals surface area contributed by atoms with Gasteiger partial charge in [-0.3, -0.25) is 0 Å². The highest BCUT2D eigenvalue weighted by Crippen LogP contribution is 2.37. The molecule has 0 N–H and O–H groups in total. The van der Waals surface area contributed by atoms with Gasteiger partial charge in [-0.05, 0) is 25.2 Å². The van der Waals surface area contributed by atoms with Gasteiger partial charge in [0.05, 0.1) is 12.2 Å². The van der Waals surface area contributed by atoms with Crippen LogP contribution in [0.25, 0.3) is 0 Å². The molecule has 2 aliphatic heterocycles. The predicted molar refractivity (Wildman–Crippen MR) is 31.7 cm³/mol. The molecule has 1 heteroatoms. The minimum absolute atomic E-state index is 0.639. The molecule has 0 spiro atoms. The van der Waals surface area contributed by atoms with Crippen molar-refractivity contribution in [1.82, 2.24) is 0 Å². The third-order valence-corrected chi connectivity index (χ3v) is 2.41. The molecule has 2 aliphatic rings. The highest BCUT2D eigenvalue weighted by atomic mass is 16.5. The van der Waals surface area contributed by atoms with Crippen molar-refractivity contribution in [3.05, 3.63) is 0 Å². The molecule has 46 valence electrons. The van der Waals surface area contributed by atoms with Crippen LogP contribution >= 0.6 is 0 Å². The highest BCUT2D eigenvalue weighted by Gasteiger charge is 2.37. The lowest BCUT2D eigenvalue weighted by Crippen LogP contribution is -2.11. The molecule has 2 bridgehead atoms. The third-order valence-electron chi connectivity index (χ3n) is 2.41. The fourth-order valence-corrected chi connectivity index (χ4v) is 1.89. The Morgan fingerprint density at radius 2 is 2.25 bits per heavy atom. The smallest absolute Gasteiger partial charge is 0.0606 e. The lowest BCUT2D eigenvalue weighted by molar-refractivity contribution is 0.0949. The molecule has 1 nitrogen and oxygen atoms in total. The summed E-state index contributed by atoms with van der Waals surface area (Å²) >= 11 is 0. The summed E-state index contributed by atoms with van der Waals surface area (Å²) in [5, 5.41) is 0. The van der Waals surface area contributed by atoms with Crippen LogP contribution in [0.2, 0.25) is 0 Å². The quantitative estimate of drug-likeness (QED) is 0.462. The van der Waals surface area contributed by atoms with E-state index in [1.54, 1.807) is 0 Å². The van der Waals surface area contributed by atoms with E-state index in [0.29, 0.717) is 12.2 Å². The van der Waals surface area contributed by atoms with Gasteiger partial charge in [-0.25, -0.2) is 0 Å². The van der Waals surface area contributed by atoms with Gasteiger partial charge >= 0.3 is 0 Å². The number of ether oxygens (including phenoxy) is 1. The van der Waals surface area contributed by atoms with E-state index in [2.05, 4.69) is 6.92 Å². The van der Waals surface area contributed by atoms with Crippen LogP contribution in [-0.2, 0) is 4.74 Å². The van der Waals surface area contributed by atoms with Crippen molar-refractivity contribution in [1.29, 1.82) is 0 Å². The maximum absolute atomic E-state index is 5.58. The lowest BCUT2D eigenvalue weighted by Gasteiger charge is -2.11. The molecule has 2 unspecified atom stereocenters. The Morgan fingerprint density at radius 1 is 1.38 bits per heavy atom. The van der Waals surface area contributed by atoms with Crippen LogP contribution in [0.15, 0.2) is 0 Å². The maximum atomic E-state index is 5.58. The Balaban J connectivity index is 2.11. The normalized spacial score (nSPS) is 52.9. The van der Waals surface area contributed by atoms with Crippen molar-refractivity contribution >= 4 is 0 Å². The second kappa shape index (κ2) is 1.47. The van der Waals surface area contributed by atoms with Gasteiger partial charge in [0.15, 0.2) is 0 Å². The lowest BCUT2D eigenvalue weighted by atomic mass is 9.91. The summed E-state index contributed by atoms with van der Waals surface area (Å²) in [5.74, 6) is 0.855.